The maximum absolute atomic E-state index is 11.6. The molecule has 2 aliphatic heterocycles. The molecule has 4 atom stereocenters. The van der Waals surface area contributed by atoms with Gasteiger partial charge in [-0.15, -0.1) is 23.2 Å². The SMILES string of the molecule is O=S1(=O)CC(Cl)C(NC(=S)Nc2ccc(NC(=S)NC3CS(=O)(=O)CC3Cl)cc2)C1. The van der Waals surface area contributed by atoms with Gasteiger partial charge in [-0.25, -0.2) is 16.8 Å². The highest BCUT2D eigenvalue weighted by atomic mass is 35.5. The van der Waals surface area contributed by atoms with Gasteiger partial charge in [-0.05, 0) is 48.7 Å². The Morgan fingerprint density at radius 1 is 0.733 bits per heavy atom. The first-order valence-corrected chi connectivity index (χ1v) is 14.2. The van der Waals surface area contributed by atoms with Gasteiger partial charge >= 0.3 is 0 Å². The van der Waals surface area contributed by atoms with Crippen molar-refractivity contribution in [1.82, 2.24) is 10.6 Å². The molecule has 0 radical (unpaired) electrons. The average Bonchev–Trinajstić information content (AvgIpc) is 3.01. The monoisotopic (exact) mass is 530 g/mol. The Kier molecular flexibility index (Phi) is 7.35. The fourth-order valence-electron chi connectivity index (χ4n) is 3.18. The van der Waals surface area contributed by atoms with E-state index in [1.165, 1.54) is 0 Å². The van der Waals surface area contributed by atoms with Crippen LogP contribution in [0.15, 0.2) is 24.3 Å². The Bertz CT molecular complexity index is 951. The molecule has 3 rings (SSSR count). The average molecular weight is 532 g/mol. The lowest BCUT2D eigenvalue weighted by atomic mass is 10.2. The molecular formula is C16H20Cl2N4O4S4. The number of thiocarbonyl (C=S) groups is 2. The lowest BCUT2D eigenvalue weighted by molar-refractivity contribution is 0.598. The molecule has 2 aliphatic rings. The number of anilines is 2. The van der Waals surface area contributed by atoms with Crippen LogP contribution in [0.5, 0.6) is 0 Å². The van der Waals surface area contributed by atoms with E-state index in [0.717, 1.165) is 0 Å². The molecule has 0 aromatic heterocycles. The van der Waals surface area contributed by atoms with Gasteiger partial charge < -0.3 is 21.3 Å². The minimum Gasteiger partial charge on any atom is -0.357 e. The quantitative estimate of drug-likeness (QED) is 0.332. The summed E-state index contributed by atoms with van der Waals surface area (Å²) in [5.74, 6) is -0.246. The molecule has 1 aromatic rings. The van der Waals surface area contributed by atoms with E-state index >= 15 is 0 Å². The van der Waals surface area contributed by atoms with Crippen LogP contribution < -0.4 is 21.3 Å². The lowest BCUT2D eigenvalue weighted by Crippen LogP contribution is -2.43. The number of hydrogen-bond donors (Lipinski definition) is 4. The second-order valence-electron chi connectivity index (χ2n) is 7.17. The van der Waals surface area contributed by atoms with Gasteiger partial charge in [0.05, 0.1) is 45.8 Å². The summed E-state index contributed by atoms with van der Waals surface area (Å²) in [6.45, 7) is 0. The van der Waals surface area contributed by atoms with Crippen LogP contribution in [-0.2, 0) is 19.7 Å². The van der Waals surface area contributed by atoms with Crippen LogP contribution in [0.3, 0.4) is 0 Å². The Morgan fingerprint density at radius 2 is 1.07 bits per heavy atom. The molecule has 2 fully saturated rings. The minimum atomic E-state index is -3.15. The Hall–Kier alpha value is -0.920. The normalized spacial score (nSPS) is 29.1. The topological polar surface area (TPSA) is 116 Å². The fraction of sp³-hybridized carbons (Fsp3) is 0.500. The molecule has 4 N–H and O–H groups in total. The van der Waals surface area contributed by atoms with Crippen LogP contribution in [0, 0.1) is 0 Å². The summed E-state index contributed by atoms with van der Waals surface area (Å²) in [6, 6.07) is 6.15. The molecule has 4 unspecified atom stereocenters. The number of nitrogens with one attached hydrogen (secondary N) is 4. The smallest absolute Gasteiger partial charge is 0.171 e. The van der Waals surface area contributed by atoms with Crippen molar-refractivity contribution >= 4 is 88.9 Å². The number of hydrogen-bond acceptors (Lipinski definition) is 6. The molecule has 1 aromatic carbocycles. The van der Waals surface area contributed by atoms with Crippen molar-refractivity contribution in [3.8, 4) is 0 Å². The molecule has 30 heavy (non-hydrogen) atoms. The van der Waals surface area contributed by atoms with Gasteiger partial charge in [0, 0.05) is 11.4 Å². The van der Waals surface area contributed by atoms with Crippen LogP contribution in [-0.4, -0.2) is 72.9 Å². The first kappa shape index (κ1) is 23.7. The maximum Gasteiger partial charge on any atom is 0.171 e. The van der Waals surface area contributed by atoms with Gasteiger partial charge in [-0.2, -0.15) is 0 Å². The molecule has 14 heteroatoms. The Morgan fingerprint density at radius 3 is 1.33 bits per heavy atom. The van der Waals surface area contributed by atoms with Crippen molar-refractivity contribution in [2.45, 2.75) is 22.8 Å². The Balaban J connectivity index is 1.49. The summed E-state index contributed by atoms with van der Waals surface area (Å²) >= 11 is 22.6. The maximum atomic E-state index is 11.6. The molecule has 0 bridgehead atoms. The third-order valence-corrected chi connectivity index (χ3v) is 9.79. The van der Waals surface area contributed by atoms with E-state index < -0.39 is 42.5 Å². The summed E-state index contributed by atoms with van der Waals surface area (Å²) in [6.07, 6.45) is 0. The fourth-order valence-corrected chi connectivity index (χ4v) is 8.82. The molecule has 166 valence electrons. The minimum absolute atomic E-state index is 0.0538. The number of benzene rings is 1. The van der Waals surface area contributed by atoms with E-state index in [1.54, 1.807) is 24.3 Å². The second-order valence-corrected chi connectivity index (χ2v) is 13.4. The molecule has 2 heterocycles. The van der Waals surface area contributed by atoms with E-state index in [9.17, 15) is 16.8 Å². The number of rotatable bonds is 4. The van der Waals surface area contributed by atoms with Crippen LogP contribution in [0.25, 0.3) is 0 Å². The van der Waals surface area contributed by atoms with Crippen molar-refractivity contribution in [1.29, 1.82) is 0 Å². The van der Waals surface area contributed by atoms with E-state index in [2.05, 4.69) is 21.3 Å². The van der Waals surface area contributed by atoms with Crippen molar-refractivity contribution in [3.63, 3.8) is 0 Å². The third kappa shape index (κ3) is 6.54. The van der Waals surface area contributed by atoms with E-state index in [-0.39, 0.29) is 33.2 Å². The van der Waals surface area contributed by atoms with Gasteiger partial charge in [-0.3, -0.25) is 0 Å². The highest BCUT2D eigenvalue weighted by molar-refractivity contribution is 7.92. The van der Waals surface area contributed by atoms with Crippen molar-refractivity contribution in [2.24, 2.45) is 0 Å². The first-order valence-electron chi connectivity index (χ1n) is 8.86. The van der Waals surface area contributed by atoms with Gasteiger partial charge in [0.1, 0.15) is 0 Å². The summed E-state index contributed by atoms with van der Waals surface area (Å²) in [5.41, 5.74) is 1.37. The van der Waals surface area contributed by atoms with E-state index in [4.69, 9.17) is 47.6 Å². The van der Waals surface area contributed by atoms with Crippen LogP contribution in [0.4, 0.5) is 11.4 Å². The van der Waals surface area contributed by atoms with Crippen molar-refractivity contribution in [3.05, 3.63) is 24.3 Å². The lowest BCUT2D eigenvalue weighted by Gasteiger charge is -2.18. The molecular weight excluding hydrogens is 511 g/mol. The van der Waals surface area contributed by atoms with Gasteiger partial charge in [0.25, 0.3) is 0 Å². The largest absolute Gasteiger partial charge is 0.357 e. The van der Waals surface area contributed by atoms with Gasteiger partial charge in [0.15, 0.2) is 29.9 Å². The van der Waals surface area contributed by atoms with Crippen molar-refractivity contribution in [2.75, 3.05) is 33.6 Å². The van der Waals surface area contributed by atoms with E-state index in [1.807, 2.05) is 0 Å². The molecule has 0 amide bonds. The van der Waals surface area contributed by atoms with Gasteiger partial charge in [0.2, 0.25) is 0 Å². The van der Waals surface area contributed by atoms with Crippen LogP contribution >= 0.6 is 47.6 Å². The summed E-state index contributed by atoms with van der Waals surface area (Å²) in [5, 5.41) is 11.3. The zero-order valence-corrected chi connectivity index (χ0v) is 20.2. The van der Waals surface area contributed by atoms with Crippen LogP contribution in [0.1, 0.15) is 0 Å². The predicted molar refractivity (Wildman–Crippen MR) is 129 cm³/mol. The molecule has 0 saturated carbocycles. The summed E-state index contributed by atoms with van der Waals surface area (Å²) < 4.78 is 46.5. The van der Waals surface area contributed by atoms with E-state index in [0.29, 0.717) is 11.4 Å². The number of halogens is 2. The number of alkyl halides is 2. The second kappa shape index (κ2) is 9.29. The van der Waals surface area contributed by atoms with Crippen LogP contribution in [0.2, 0.25) is 0 Å². The van der Waals surface area contributed by atoms with Crippen molar-refractivity contribution < 1.29 is 16.8 Å². The predicted octanol–water partition coefficient (Wildman–Crippen LogP) is 1.07. The molecule has 8 nitrogen and oxygen atoms in total. The Labute approximate surface area is 196 Å². The summed E-state index contributed by atoms with van der Waals surface area (Å²) in [7, 11) is -6.30. The zero-order chi connectivity index (χ0) is 22.1. The first-order chi connectivity index (χ1) is 13.9. The summed E-state index contributed by atoms with van der Waals surface area (Å²) in [4.78, 5) is 0. The molecule has 2 saturated heterocycles. The highest BCUT2D eigenvalue weighted by Crippen LogP contribution is 2.20. The standard InChI is InChI=1S/C16H20Cl2N4O4S4/c17-11-5-29(23,24)7-13(11)21-15(27)19-9-1-2-10(4-3-9)20-16(28)22-14-8-30(25,26)6-12(14)18/h1-4,11-14H,5-8H2,(H2,19,21,27)(H2,20,22,28). The third-order valence-electron chi connectivity index (χ3n) is 4.60. The van der Waals surface area contributed by atoms with Gasteiger partial charge in [-0.1, -0.05) is 0 Å². The molecule has 0 spiro atoms. The zero-order valence-electron chi connectivity index (χ0n) is 15.5. The number of sulfone groups is 2. The molecule has 0 aliphatic carbocycles. The highest BCUT2D eigenvalue weighted by Gasteiger charge is 2.37.